The van der Waals surface area contributed by atoms with E-state index in [1.165, 1.54) is 11.1 Å². The molecule has 0 bridgehead atoms. The van der Waals surface area contributed by atoms with Gasteiger partial charge in [0.25, 0.3) is 0 Å². The summed E-state index contributed by atoms with van der Waals surface area (Å²) in [5.41, 5.74) is 3.23. The third-order valence-electron chi connectivity index (χ3n) is 6.43. The van der Waals surface area contributed by atoms with Crippen molar-refractivity contribution in [1.29, 1.82) is 0 Å². The van der Waals surface area contributed by atoms with Crippen LogP contribution in [0.2, 0.25) is 5.02 Å². The van der Waals surface area contributed by atoms with Crippen molar-refractivity contribution in [2.75, 3.05) is 24.5 Å². The first-order valence-electron chi connectivity index (χ1n) is 9.58. The highest BCUT2D eigenvalue weighted by atomic mass is 35.5. The Morgan fingerprint density at radius 3 is 2.58 bits per heavy atom. The number of benzene rings is 2. The molecule has 1 spiro atoms. The molecular formula is C22H23ClN2O. The fourth-order valence-electron chi connectivity index (χ4n) is 4.95. The van der Waals surface area contributed by atoms with Crippen LogP contribution < -0.4 is 10.2 Å². The SMILES string of the molecule is O=C1N(CC2CCNCC2)c2ccccc2C12CC2c1ccc(Cl)cc1. The van der Waals surface area contributed by atoms with E-state index in [0.29, 0.717) is 11.8 Å². The van der Waals surface area contributed by atoms with Crippen LogP contribution in [0.4, 0.5) is 5.69 Å². The van der Waals surface area contributed by atoms with E-state index in [1.807, 2.05) is 12.1 Å². The molecule has 1 saturated carbocycles. The van der Waals surface area contributed by atoms with Gasteiger partial charge in [0.05, 0.1) is 5.41 Å². The summed E-state index contributed by atoms with van der Waals surface area (Å²) in [7, 11) is 0. The Bertz CT molecular complexity index is 843. The molecule has 2 unspecified atom stereocenters. The Balaban J connectivity index is 1.48. The largest absolute Gasteiger partial charge is 0.317 e. The minimum absolute atomic E-state index is 0.270. The molecular weight excluding hydrogens is 344 g/mol. The van der Waals surface area contributed by atoms with Crippen LogP contribution in [0, 0.1) is 5.92 Å². The zero-order valence-electron chi connectivity index (χ0n) is 14.7. The summed E-state index contributed by atoms with van der Waals surface area (Å²) < 4.78 is 0. The lowest BCUT2D eigenvalue weighted by molar-refractivity contribution is -0.120. The van der Waals surface area contributed by atoms with Crippen molar-refractivity contribution in [1.82, 2.24) is 5.32 Å². The number of rotatable bonds is 3. The van der Waals surface area contributed by atoms with E-state index in [4.69, 9.17) is 11.6 Å². The van der Waals surface area contributed by atoms with Gasteiger partial charge in [-0.05, 0) is 67.6 Å². The molecule has 0 radical (unpaired) electrons. The van der Waals surface area contributed by atoms with E-state index in [0.717, 1.165) is 49.6 Å². The Kier molecular flexibility index (Phi) is 3.84. The van der Waals surface area contributed by atoms with Crippen LogP contribution in [-0.4, -0.2) is 25.5 Å². The van der Waals surface area contributed by atoms with Crippen molar-refractivity contribution in [3.05, 3.63) is 64.7 Å². The number of carbonyl (C=O) groups is 1. The molecule has 1 aliphatic carbocycles. The van der Waals surface area contributed by atoms with Gasteiger partial charge < -0.3 is 10.2 Å². The standard InChI is InChI=1S/C22H23ClN2O/c23-17-7-5-16(6-8-17)19-13-22(19)18-3-1-2-4-20(18)25(21(22)26)14-15-9-11-24-12-10-15/h1-8,15,19,24H,9-14H2. The summed E-state index contributed by atoms with van der Waals surface area (Å²) in [6.07, 6.45) is 3.21. The molecule has 3 nitrogen and oxygen atoms in total. The molecule has 134 valence electrons. The summed E-state index contributed by atoms with van der Waals surface area (Å²) in [5, 5.41) is 4.16. The van der Waals surface area contributed by atoms with E-state index >= 15 is 0 Å². The Hall–Kier alpha value is -1.84. The average molecular weight is 367 g/mol. The lowest BCUT2D eigenvalue weighted by Crippen LogP contribution is -2.40. The summed E-state index contributed by atoms with van der Waals surface area (Å²) in [5.74, 6) is 1.17. The lowest BCUT2D eigenvalue weighted by atomic mass is 9.92. The number of halogens is 1. The van der Waals surface area contributed by atoms with E-state index in [1.54, 1.807) is 0 Å². The van der Waals surface area contributed by atoms with Crippen LogP contribution in [0.25, 0.3) is 0 Å². The normalized spacial score (nSPS) is 27.8. The molecule has 1 saturated heterocycles. The molecule has 2 aromatic carbocycles. The van der Waals surface area contributed by atoms with Crippen LogP contribution in [0.3, 0.4) is 0 Å². The average Bonchev–Trinajstić information content (AvgIpc) is 3.39. The molecule has 26 heavy (non-hydrogen) atoms. The molecule has 2 heterocycles. The number of amides is 1. The number of para-hydroxylation sites is 1. The maximum absolute atomic E-state index is 13.6. The minimum atomic E-state index is -0.350. The molecule has 2 fully saturated rings. The summed E-state index contributed by atoms with van der Waals surface area (Å²) in [6.45, 7) is 2.98. The van der Waals surface area contributed by atoms with Gasteiger partial charge in [0, 0.05) is 23.2 Å². The fraction of sp³-hybridized carbons (Fsp3) is 0.409. The number of hydrogen-bond acceptors (Lipinski definition) is 2. The van der Waals surface area contributed by atoms with Crippen LogP contribution in [-0.2, 0) is 10.2 Å². The van der Waals surface area contributed by atoms with E-state index in [-0.39, 0.29) is 11.3 Å². The van der Waals surface area contributed by atoms with E-state index in [2.05, 4.69) is 46.6 Å². The summed E-state index contributed by atoms with van der Waals surface area (Å²) >= 11 is 6.05. The fourth-order valence-corrected chi connectivity index (χ4v) is 5.08. The van der Waals surface area contributed by atoms with E-state index < -0.39 is 0 Å². The van der Waals surface area contributed by atoms with Crippen molar-refractivity contribution >= 4 is 23.2 Å². The van der Waals surface area contributed by atoms with Gasteiger partial charge >= 0.3 is 0 Å². The number of hydrogen-bond donors (Lipinski definition) is 1. The molecule has 3 aliphatic rings. The third kappa shape index (κ3) is 2.41. The number of piperidine rings is 1. The Morgan fingerprint density at radius 1 is 1.08 bits per heavy atom. The van der Waals surface area contributed by atoms with Crippen molar-refractivity contribution < 1.29 is 4.79 Å². The minimum Gasteiger partial charge on any atom is -0.317 e. The molecule has 2 aliphatic heterocycles. The molecule has 4 heteroatoms. The predicted octanol–water partition coefficient (Wildman–Crippen LogP) is 4.11. The zero-order valence-corrected chi connectivity index (χ0v) is 15.5. The van der Waals surface area contributed by atoms with Crippen LogP contribution in [0.5, 0.6) is 0 Å². The number of carbonyl (C=O) groups excluding carboxylic acids is 1. The lowest BCUT2D eigenvalue weighted by Gasteiger charge is -2.28. The second-order valence-electron chi connectivity index (χ2n) is 7.91. The van der Waals surface area contributed by atoms with Crippen LogP contribution >= 0.6 is 11.6 Å². The topological polar surface area (TPSA) is 32.3 Å². The first kappa shape index (κ1) is 16.3. The highest BCUT2D eigenvalue weighted by Crippen LogP contribution is 2.66. The smallest absolute Gasteiger partial charge is 0.238 e. The Labute approximate surface area is 159 Å². The van der Waals surface area contributed by atoms with Crippen LogP contribution in [0.1, 0.15) is 36.3 Å². The van der Waals surface area contributed by atoms with Crippen molar-refractivity contribution in [2.45, 2.75) is 30.6 Å². The van der Waals surface area contributed by atoms with Gasteiger partial charge in [-0.25, -0.2) is 0 Å². The molecule has 5 rings (SSSR count). The first-order valence-corrected chi connectivity index (χ1v) is 9.95. The number of nitrogens with zero attached hydrogens (tertiary/aromatic N) is 1. The van der Waals surface area contributed by atoms with Gasteiger partial charge in [-0.15, -0.1) is 0 Å². The number of nitrogens with one attached hydrogen (secondary N) is 1. The maximum atomic E-state index is 13.6. The van der Waals surface area contributed by atoms with Crippen molar-refractivity contribution in [2.24, 2.45) is 5.92 Å². The van der Waals surface area contributed by atoms with Gasteiger partial charge in [-0.2, -0.15) is 0 Å². The van der Waals surface area contributed by atoms with Gasteiger partial charge in [-0.3, -0.25) is 4.79 Å². The van der Waals surface area contributed by atoms with Crippen LogP contribution in [0.15, 0.2) is 48.5 Å². The third-order valence-corrected chi connectivity index (χ3v) is 6.69. The van der Waals surface area contributed by atoms with E-state index in [9.17, 15) is 4.79 Å². The summed E-state index contributed by atoms with van der Waals surface area (Å²) in [4.78, 5) is 15.6. The molecule has 1 amide bonds. The monoisotopic (exact) mass is 366 g/mol. The molecule has 1 N–H and O–H groups in total. The molecule has 2 aromatic rings. The second-order valence-corrected chi connectivity index (χ2v) is 8.34. The van der Waals surface area contributed by atoms with Gasteiger partial charge in [0.15, 0.2) is 0 Å². The maximum Gasteiger partial charge on any atom is 0.238 e. The van der Waals surface area contributed by atoms with Crippen molar-refractivity contribution in [3.8, 4) is 0 Å². The number of fused-ring (bicyclic) bond motifs is 2. The second kappa shape index (κ2) is 6.11. The van der Waals surface area contributed by atoms with Gasteiger partial charge in [0.1, 0.15) is 0 Å². The molecule has 2 atom stereocenters. The quantitative estimate of drug-likeness (QED) is 0.886. The van der Waals surface area contributed by atoms with Gasteiger partial charge in [-0.1, -0.05) is 41.9 Å². The summed E-state index contributed by atoms with van der Waals surface area (Å²) in [6, 6.07) is 16.4. The van der Waals surface area contributed by atoms with Gasteiger partial charge in [0.2, 0.25) is 5.91 Å². The highest BCUT2D eigenvalue weighted by Gasteiger charge is 2.67. The highest BCUT2D eigenvalue weighted by molar-refractivity contribution is 6.30. The number of anilines is 1. The van der Waals surface area contributed by atoms with Crippen molar-refractivity contribution in [3.63, 3.8) is 0 Å². The Morgan fingerprint density at radius 2 is 1.81 bits per heavy atom. The first-order chi connectivity index (χ1) is 12.7. The molecule has 0 aromatic heterocycles. The zero-order chi connectivity index (χ0) is 17.7. The predicted molar refractivity (Wildman–Crippen MR) is 105 cm³/mol.